The highest BCUT2D eigenvalue weighted by Gasteiger charge is 2.11. The van der Waals surface area contributed by atoms with E-state index in [9.17, 15) is 8.78 Å². The van der Waals surface area contributed by atoms with Crippen molar-refractivity contribution in [3.63, 3.8) is 0 Å². The molecule has 5 heteroatoms. The molecule has 0 spiro atoms. The number of hydrogen-bond donors (Lipinski definition) is 2. The normalized spacial score (nSPS) is 12.4. The molecule has 0 aliphatic rings. The lowest BCUT2D eigenvalue weighted by atomic mass is 10.00. The molecule has 0 saturated carbocycles. The highest BCUT2D eigenvalue weighted by Crippen LogP contribution is 2.15. The lowest BCUT2D eigenvalue weighted by molar-refractivity contribution is 0.558. The van der Waals surface area contributed by atoms with E-state index in [-0.39, 0.29) is 6.04 Å². The van der Waals surface area contributed by atoms with Crippen LogP contribution >= 0.6 is 0 Å². The summed E-state index contributed by atoms with van der Waals surface area (Å²) < 4.78 is 26.3. The van der Waals surface area contributed by atoms with Crippen molar-refractivity contribution in [2.24, 2.45) is 5.73 Å². The van der Waals surface area contributed by atoms with E-state index >= 15 is 0 Å². The highest BCUT2D eigenvalue weighted by atomic mass is 19.1. The van der Waals surface area contributed by atoms with Crippen LogP contribution in [0, 0.1) is 11.6 Å². The van der Waals surface area contributed by atoms with Crippen LogP contribution in [0.3, 0.4) is 0 Å². The number of benzene rings is 1. The number of nitrogen functional groups attached to an aromatic ring is 1. The minimum absolute atomic E-state index is 0.300. The molecule has 1 heterocycles. The molecule has 0 fully saturated rings. The van der Waals surface area contributed by atoms with Gasteiger partial charge in [0.2, 0.25) is 0 Å². The summed E-state index contributed by atoms with van der Waals surface area (Å²) in [7, 11) is 0. The number of rotatable bonds is 4. The second kappa shape index (κ2) is 5.75. The van der Waals surface area contributed by atoms with Gasteiger partial charge in [0.25, 0.3) is 0 Å². The predicted molar refractivity (Wildman–Crippen MR) is 70.4 cm³/mol. The molecule has 3 nitrogen and oxygen atoms in total. The van der Waals surface area contributed by atoms with Crippen LogP contribution < -0.4 is 11.5 Å². The van der Waals surface area contributed by atoms with Gasteiger partial charge in [-0.1, -0.05) is 12.1 Å². The Morgan fingerprint density at radius 1 is 1.11 bits per heavy atom. The Balaban J connectivity index is 2.05. The van der Waals surface area contributed by atoms with Crippen molar-refractivity contribution in [1.29, 1.82) is 0 Å². The van der Waals surface area contributed by atoms with Gasteiger partial charge in [0.1, 0.15) is 17.5 Å². The SMILES string of the molecule is Nc1ncccc1CC(N)Cc1ccc(F)cc1F. The third-order valence-corrected chi connectivity index (χ3v) is 2.91. The molecular formula is C14H15F2N3. The van der Waals surface area contributed by atoms with Gasteiger partial charge in [0.05, 0.1) is 0 Å². The van der Waals surface area contributed by atoms with Gasteiger partial charge < -0.3 is 11.5 Å². The van der Waals surface area contributed by atoms with Crippen molar-refractivity contribution in [1.82, 2.24) is 4.98 Å². The van der Waals surface area contributed by atoms with Gasteiger partial charge in [-0.05, 0) is 36.1 Å². The van der Waals surface area contributed by atoms with Gasteiger partial charge >= 0.3 is 0 Å². The van der Waals surface area contributed by atoms with Gasteiger partial charge in [-0.2, -0.15) is 0 Å². The topological polar surface area (TPSA) is 64.9 Å². The molecule has 1 aromatic heterocycles. The van der Waals surface area contributed by atoms with E-state index in [1.165, 1.54) is 12.1 Å². The molecular weight excluding hydrogens is 248 g/mol. The van der Waals surface area contributed by atoms with Crippen molar-refractivity contribution >= 4 is 5.82 Å². The fourth-order valence-corrected chi connectivity index (χ4v) is 1.95. The van der Waals surface area contributed by atoms with Gasteiger partial charge in [-0.3, -0.25) is 0 Å². The van der Waals surface area contributed by atoms with E-state index in [0.717, 1.165) is 11.6 Å². The first-order valence-corrected chi connectivity index (χ1v) is 5.95. The van der Waals surface area contributed by atoms with E-state index in [1.54, 1.807) is 12.3 Å². The third kappa shape index (κ3) is 3.48. The van der Waals surface area contributed by atoms with Crippen LogP contribution in [0.2, 0.25) is 0 Å². The molecule has 0 radical (unpaired) electrons. The Kier molecular flexibility index (Phi) is 4.06. The van der Waals surface area contributed by atoms with Crippen LogP contribution in [-0.2, 0) is 12.8 Å². The average Bonchev–Trinajstić information content (AvgIpc) is 2.36. The molecule has 0 aliphatic heterocycles. The Morgan fingerprint density at radius 3 is 2.53 bits per heavy atom. The van der Waals surface area contributed by atoms with Crippen LogP contribution in [0.1, 0.15) is 11.1 Å². The number of halogens is 2. The second-order valence-electron chi connectivity index (χ2n) is 4.45. The van der Waals surface area contributed by atoms with Crippen LogP contribution in [0.5, 0.6) is 0 Å². The van der Waals surface area contributed by atoms with Gasteiger partial charge in [0, 0.05) is 18.3 Å². The van der Waals surface area contributed by atoms with E-state index in [2.05, 4.69) is 4.98 Å². The molecule has 1 aromatic carbocycles. The maximum absolute atomic E-state index is 13.5. The average molecular weight is 263 g/mol. The van der Waals surface area contributed by atoms with Gasteiger partial charge in [-0.25, -0.2) is 13.8 Å². The van der Waals surface area contributed by atoms with E-state index < -0.39 is 11.6 Å². The number of hydrogen-bond acceptors (Lipinski definition) is 3. The van der Waals surface area contributed by atoms with E-state index in [1.807, 2.05) is 6.07 Å². The summed E-state index contributed by atoms with van der Waals surface area (Å²) in [5.41, 5.74) is 12.9. The van der Waals surface area contributed by atoms with Crippen molar-refractivity contribution in [2.75, 3.05) is 5.73 Å². The molecule has 4 N–H and O–H groups in total. The number of nitrogens with two attached hydrogens (primary N) is 2. The van der Waals surface area contributed by atoms with E-state index in [4.69, 9.17) is 11.5 Å². The first-order valence-electron chi connectivity index (χ1n) is 5.95. The summed E-state index contributed by atoms with van der Waals surface area (Å²) in [5.74, 6) is -0.738. The lowest BCUT2D eigenvalue weighted by Gasteiger charge is -2.13. The number of nitrogens with zero attached hydrogens (tertiary/aromatic N) is 1. The van der Waals surface area contributed by atoms with E-state index in [0.29, 0.717) is 24.2 Å². The Labute approximate surface area is 110 Å². The van der Waals surface area contributed by atoms with Crippen LogP contribution in [0.25, 0.3) is 0 Å². The molecule has 1 atom stereocenters. The fourth-order valence-electron chi connectivity index (χ4n) is 1.95. The summed E-state index contributed by atoms with van der Waals surface area (Å²) >= 11 is 0. The molecule has 2 rings (SSSR count). The second-order valence-corrected chi connectivity index (χ2v) is 4.45. The monoisotopic (exact) mass is 263 g/mol. The molecule has 1 unspecified atom stereocenters. The lowest BCUT2D eigenvalue weighted by Crippen LogP contribution is -2.26. The van der Waals surface area contributed by atoms with Crippen molar-refractivity contribution < 1.29 is 8.78 Å². The molecule has 2 aromatic rings. The van der Waals surface area contributed by atoms with Crippen molar-refractivity contribution in [3.05, 3.63) is 59.3 Å². The highest BCUT2D eigenvalue weighted by molar-refractivity contribution is 5.39. The summed E-state index contributed by atoms with van der Waals surface area (Å²) in [6.07, 6.45) is 2.42. The summed E-state index contributed by atoms with van der Waals surface area (Å²) in [4.78, 5) is 3.97. The van der Waals surface area contributed by atoms with Crippen molar-refractivity contribution in [2.45, 2.75) is 18.9 Å². The minimum atomic E-state index is -0.591. The molecule has 0 amide bonds. The molecule has 100 valence electrons. The largest absolute Gasteiger partial charge is 0.383 e. The summed E-state index contributed by atoms with van der Waals surface area (Å²) in [5, 5.41) is 0. The smallest absolute Gasteiger partial charge is 0.129 e. The Bertz CT molecular complexity index is 572. The third-order valence-electron chi connectivity index (χ3n) is 2.91. The number of anilines is 1. The maximum atomic E-state index is 13.5. The summed E-state index contributed by atoms with van der Waals surface area (Å²) in [6, 6.07) is 6.81. The molecule has 0 aliphatic carbocycles. The zero-order chi connectivity index (χ0) is 13.8. The zero-order valence-corrected chi connectivity index (χ0v) is 10.3. The molecule has 19 heavy (non-hydrogen) atoms. The quantitative estimate of drug-likeness (QED) is 0.887. The van der Waals surface area contributed by atoms with Crippen molar-refractivity contribution in [3.8, 4) is 0 Å². The van der Waals surface area contributed by atoms with Crippen LogP contribution in [0.15, 0.2) is 36.5 Å². The first-order chi connectivity index (χ1) is 9.06. The first kappa shape index (κ1) is 13.4. The Hall–Kier alpha value is -2.01. The zero-order valence-electron chi connectivity index (χ0n) is 10.3. The molecule has 0 saturated heterocycles. The molecule has 0 bridgehead atoms. The van der Waals surface area contributed by atoms with Crippen LogP contribution in [-0.4, -0.2) is 11.0 Å². The minimum Gasteiger partial charge on any atom is -0.383 e. The van der Waals surface area contributed by atoms with Gasteiger partial charge in [-0.15, -0.1) is 0 Å². The Morgan fingerprint density at radius 2 is 1.84 bits per heavy atom. The standard InChI is InChI=1S/C14H15F2N3/c15-11-4-3-9(13(16)8-11)6-12(17)7-10-2-1-5-19-14(10)18/h1-5,8,12H,6-7,17H2,(H2,18,19). The van der Waals surface area contributed by atoms with Crippen LogP contribution in [0.4, 0.5) is 14.6 Å². The summed E-state index contributed by atoms with van der Waals surface area (Å²) in [6.45, 7) is 0. The predicted octanol–water partition coefficient (Wildman–Crippen LogP) is 2.05. The fraction of sp³-hybridized carbons (Fsp3) is 0.214. The number of pyridine rings is 1. The number of aromatic nitrogens is 1. The maximum Gasteiger partial charge on any atom is 0.129 e. The van der Waals surface area contributed by atoms with Gasteiger partial charge in [0.15, 0.2) is 0 Å².